The standard InChI is InChI=1S/C10H12N4/c1-7-6-14-9-2-3-11-4-8(9)5-12-10(14)13-7/h5-6,11H,2-4H2,1H3. The molecule has 4 heteroatoms. The second-order valence-corrected chi connectivity index (χ2v) is 3.71. The minimum absolute atomic E-state index is 0.822. The van der Waals surface area contributed by atoms with Crippen molar-refractivity contribution in [2.24, 2.45) is 0 Å². The monoisotopic (exact) mass is 188 g/mol. The number of aryl methyl sites for hydroxylation is 1. The van der Waals surface area contributed by atoms with E-state index in [1.165, 1.54) is 11.3 Å². The Hall–Kier alpha value is -1.42. The third-order valence-electron chi connectivity index (χ3n) is 2.66. The van der Waals surface area contributed by atoms with Gasteiger partial charge in [-0.25, -0.2) is 9.97 Å². The Morgan fingerprint density at radius 2 is 2.43 bits per heavy atom. The van der Waals surface area contributed by atoms with Crippen molar-refractivity contribution >= 4 is 5.78 Å². The molecule has 0 saturated heterocycles. The summed E-state index contributed by atoms with van der Waals surface area (Å²) in [6, 6.07) is 0. The second-order valence-electron chi connectivity index (χ2n) is 3.71. The van der Waals surface area contributed by atoms with Gasteiger partial charge in [0.25, 0.3) is 0 Å². The number of imidazole rings is 1. The van der Waals surface area contributed by atoms with Gasteiger partial charge in [0.15, 0.2) is 0 Å². The summed E-state index contributed by atoms with van der Waals surface area (Å²) in [5, 5.41) is 3.34. The minimum atomic E-state index is 0.822. The molecule has 1 N–H and O–H groups in total. The quantitative estimate of drug-likeness (QED) is 0.661. The SMILES string of the molecule is Cc1cn2c3c(cnc2n1)CNCC3. The largest absolute Gasteiger partial charge is 0.312 e. The third-order valence-corrected chi connectivity index (χ3v) is 2.66. The first-order chi connectivity index (χ1) is 6.84. The highest BCUT2D eigenvalue weighted by molar-refractivity contribution is 5.37. The number of fused-ring (bicyclic) bond motifs is 3. The fraction of sp³-hybridized carbons (Fsp3) is 0.400. The molecule has 0 atom stereocenters. The molecule has 0 unspecified atom stereocenters. The molecule has 0 saturated carbocycles. The van der Waals surface area contributed by atoms with Gasteiger partial charge in [-0.1, -0.05) is 0 Å². The van der Waals surface area contributed by atoms with Crippen LogP contribution in [0.1, 0.15) is 17.0 Å². The topological polar surface area (TPSA) is 42.2 Å². The lowest BCUT2D eigenvalue weighted by atomic mass is 10.1. The van der Waals surface area contributed by atoms with Crippen LogP contribution in [0.4, 0.5) is 0 Å². The lowest BCUT2D eigenvalue weighted by Crippen LogP contribution is -2.25. The van der Waals surface area contributed by atoms with E-state index in [-0.39, 0.29) is 0 Å². The van der Waals surface area contributed by atoms with Gasteiger partial charge in [-0.05, 0) is 6.92 Å². The molecule has 0 spiro atoms. The van der Waals surface area contributed by atoms with E-state index in [0.717, 1.165) is 31.0 Å². The molecule has 0 amide bonds. The Morgan fingerprint density at radius 3 is 3.36 bits per heavy atom. The van der Waals surface area contributed by atoms with Gasteiger partial charge in [-0.2, -0.15) is 0 Å². The Kier molecular flexibility index (Phi) is 1.58. The van der Waals surface area contributed by atoms with E-state index in [1.54, 1.807) is 0 Å². The van der Waals surface area contributed by atoms with Gasteiger partial charge >= 0.3 is 0 Å². The first-order valence-corrected chi connectivity index (χ1v) is 4.88. The molecule has 0 radical (unpaired) electrons. The molecule has 3 rings (SSSR count). The number of nitrogens with zero attached hydrogens (tertiary/aromatic N) is 3. The van der Waals surface area contributed by atoms with Crippen LogP contribution in [0.15, 0.2) is 12.4 Å². The average molecular weight is 188 g/mol. The zero-order valence-electron chi connectivity index (χ0n) is 8.12. The summed E-state index contributed by atoms with van der Waals surface area (Å²) >= 11 is 0. The van der Waals surface area contributed by atoms with Crippen molar-refractivity contribution in [1.29, 1.82) is 0 Å². The van der Waals surface area contributed by atoms with Crippen molar-refractivity contribution < 1.29 is 0 Å². The lowest BCUT2D eigenvalue weighted by molar-refractivity contribution is 0.620. The highest BCUT2D eigenvalue weighted by Crippen LogP contribution is 2.14. The molecule has 1 aliphatic heterocycles. The molecule has 2 aromatic rings. The van der Waals surface area contributed by atoms with Crippen molar-refractivity contribution in [2.45, 2.75) is 19.9 Å². The fourth-order valence-electron chi connectivity index (χ4n) is 2.00. The molecule has 2 aromatic heterocycles. The zero-order valence-corrected chi connectivity index (χ0v) is 8.12. The van der Waals surface area contributed by atoms with Gasteiger partial charge in [0.2, 0.25) is 5.78 Å². The van der Waals surface area contributed by atoms with Gasteiger partial charge in [-0.3, -0.25) is 4.40 Å². The zero-order chi connectivity index (χ0) is 9.54. The van der Waals surface area contributed by atoms with Gasteiger partial charge in [0, 0.05) is 43.2 Å². The maximum Gasteiger partial charge on any atom is 0.234 e. The van der Waals surface area contributed by atoms with Gasteiger partial charge < -0.3 is 5.32 Å². The Labute approximate surface area is 82.0 Å². The molecule has 14 heavy (non-hydrogen) atoms. The number of aromatic nitrogens is 3. The van der Waals surface area contributed by atoms with Gasteiger partial charge in [0.1, 0.15) is 0 Å². The smallest absolute Gasteiger partial charge is 0.234 e. The Bertz CT molecular complexity index is 486. The van der Waals surface area contributed by atoms with Crippen LogP contribution in [-0.2, 0) is 13.0 Å². The predicted molar refractivity (Wildman–Crippen MR) is 53.1 cm³/mol. The van der Waals surface area contributed by atoms with Crippen LogP contribution in [0.5, 0.6) is 0 Å². The molecular formula is C10H12N4. The third kappa shape index (κ3) is 1.04. The maximum absolute atomic E-state index is 4.35. The number of rotatable bonds is 0. The van der Waals surface area contributed by atoms with Crippen LogP contribution in [0, 0.1) is 6.92 Å². The van der Waals surface area contributed by atoms with Crippen LogP contribution < -0.4 is 5.32 Å². The van der Waals surface area contributed by atoms with E-state index >= 15 is 0 Å². The molecule has 72 valence electrons. The Morgan fingerprint density at radius 1 is 1.50 bits per heavy atom. The summed E-state index contributed by atoms with van der Waals surface area (Å²) < 4.78 is 2.12. The molecular weight excluding hydrogens is 176 g/mol. The maximum atomic E-state index is 4.35. The van der Waals surface area contributed by atoms with Crippen LogP contribution in [0.25, 0.3) is 5.78 Å². The van der Waals surface area contributed by atoms with Gasteiger partial charge in [0.05, 0.1) is 5.69 Å². The summed E-state index contributed by atoms with van der Waals surface area (Å²) in [7, 11) is 0. The number of hydrogen-bond acceptors (Lipinski definition) is 3. The Balaban J connectivity index is 2.33. The van der Waals surface area contributed by atoms with Crippen molar-refractivity contribution in [3.63, 3.8) is 0 Å². The fourth-order valence-corrected chi connectivity index (χ4v) is 2.00. The summed E-state index contributed by atoms with van der Waals surface area (Å²) in [5.74, 6) is 0.822. The number of hydrogen-bond donors (Lipinski definition) is 1. The van der Waals surface area contributed by atoms with E-state index < -0.39 is 0 Å². The van der Waals surface area contributed by atoms with Crippen LogP contribution in [0.3, 0.4) is 0 Å². The summed E-state index contributed by atoms with van der Waals surface area (Å²) in [5.41, 5.74) is 3.68. The second kappa shape index (κ2) is 2.78. The molecule has 0 aromatic carbocycles. The van der Waals surface area contributed by atoms with E-state index in [4.69, 9.17) is 0 Å². The highest BCUT2D eigenvalue weighted by Gasteiger charge is 2.13. The van der Waals surface area contributed by atoms with E-state index in [1.807, 2.05) is 13.1 Å². The average Bonchev–Trinajstić information content (AvgIpc) is 2.59. The lowest BCUT2D eigenvalue weighted by Gasteiger charge is -2.17. The van der Waals surface area contributed by atoms with Crippen LogP contribution >= 0.6 is 0 Å². The first kappa shape index (κ1) is 7.94. The van der Waals surface area contributed by atoms with Crippen molar-refractivity contribution in [3.8, 4) is 0 Å². The molecule has 1 aliphatic rings. The molecule has 0 fully saturated rings. The van der Waals surface area contributed by atoms with Crippen LogP contribution in [0.2, 0.25) is 0 Å². The highest BCUT2D eigenvalue weighted by atomic mass is 15.1. The summed E-state index contributed by atoms with van der Waals surface area (Å²) in [4.78, 5) is 8.68. The van der Waals surface area contributed by atoms with Gasteiger partial charge in [-0.15, -0.1) is 0 Å². The van der Waals surface area contributed by atoms with Crippen molar-refractivity contribution in [3.05, 3.63) is 29.3 Å². The molecule has 3 heterocycles. The molecule has 4 nitrogen and oxygen atoms in total. The summed E-state index contributed by atoms with van der Waals surface area (Å²) in [6.45, 7) is 3.97. The van der Waals surface area contributed by atoms with Crippen molar-refractivity contribution in [1.82, 2.24) is 19.7 Å². The van der Waals surface area contributed by atoms with Crippen LogP contribution in [-0.4, -0.2) is 20.9 Å². The van der Waals surface area contributed by atoms with E-state index in [0.29, 0.717) is 0 Å². The van der Waals surface area contributed by atoms with Crippen molar-refractivity contribution in [2.75, 3.05) is 6.54 Å². The van der Waals surface area contributed by atoms with E-state index in [2.05, 4.69) is 25.9 Å². The first-order valence-electron chi connectivity index (χ1n) is 4.88. The minimum Gasteiger partial charge on any atom is -0.312 e. The number of nitrogens with one attached hydrogen (secondary N) is 1. The normalized spacial score (nSPS) is 15.8. The summed E-state index contributed by atoms with van der Waals surface area (Å²) in [6.07, 6.45) is 5.06. The molecule has 0 bridgehead atoms. The predicted octanol–water partition coefficient (Wildman–Crippen LogP) is 0.683. The van der Waals surface area contributed by atoms with E-state index in [9.17, 15) is 0 Å². The molecule has 0 aliphatic carbocycles.